The van der Waals surface area contributed by atoms with Crippen molar-refractivity contribution in [3.05, 3.63) is 205 Å². The van der Waals surface area contributed by atoms with Crippen LogP contribution in [0.2, 0.25) is 0 Å². The van der Waals surface area contributed by atoms with Crippen LogP contribution in [0.25, 0.3) is 60.9 Å². The highest BCUT2D eigenvalue weighted by atomic mass is 15.1. The summed E-state index contributed by atoms with van der Waals surface area (Å²) in [4.78, 5) is 2.38. The van der Waals surface area contributed by atoms with Gasteiger partial charge in [0.05, 0.1) is 16.7 Å². The lowest BCUT2D eigenvalue weighted by molar-refractivity contribution is 1.17. The molecule has 0 unspecified atom stereocenters. The smallest absolute Gasteiger partial charge is 0.0562 e. The molecule has 9 rings (SSSR count). The van der Waals surface area contributed by atoms with E-state index in [-0.39, 0.29) is 0 Å². The maximum absolute atomic E-state index is 2.47. The van der Waals surface area contributed by atoms with Crippen molar-refractivity contribution in [1.29, 1.82) is 0 Å². The molecule has 0 N–H and O–H groups in total. The third-order valence-corrected chi connectivity index (χ3v) is 10.3. The molecule has 0 aliphatic carbocycles. The second-order valence-electron chi connectivity index (χ2n) is 14.1. The number of anilines is 3. The molecule has 0 radical (unpaired) electrons. The Morgan fingerprint density at radius 3 is 1.45 bits per heavy atom. The van der Waals surface area contributed by atoms with Crippen LogP contribution < -0.4 is 4.90 Å². The minimum Gasteiger partial charge on any atom is -0.310 e. The van der Waals surface area contributed by atoms with Crippen LogP contribution in [0.3, 0.4) is 0 Å². The van der Waals surface area contributed by atoms with Gasteiger partial charge in [-0.2, -0.15) is 0 Å². The van der Waals surface area contributed by atoms with Crippen LogP contribution in [0.4, 0.5) is 17.1 Å². The van der Waals surface area contributed by atoms with Crippen LogP contribution in [0, 0.1) is 20.8 Å². The standard InChI is InChI=1S/C51H40N2/c1-35-18-29-50(48(33-35)42-31-36(2)30-37(3)32-42)53-49-17-11-10-16-46(49)47-28-27-45(34-51(47)53)52(43-23-19-40(20-24-43)38-12-6-4-7-13-38)44-25-21-41(22-26-44)39-14-8-5-9-15-39/h4-34H,1-3H3. The Balaban J connectivity index is 1.25. The molecule has 0 atom stereocenters. The Hall–Kier alpha value is -6.64. The first-order valence-corrected chi connectivity index (χ1v) is 18.3. The highest BCUT2D eigenvalue weighted by Crippen LogP contribution is 2.42. The number of para-hydroxylation sites is 1. The Kier molecular flexibility index (Phi) is 8.21. The number of aromatic nitrogens is 1. The second kappa shape index (κ2) is 13.5. The SMILES string of the molecule is Cc1cc(C)cc(-c2cc(C)ccc2-n2c3ccccc3c3ccc(N(c4ccc(-c5ccccc5)cc4)c4ccc(-c5ccccc5)cc4)cc32)c1. The molecule has 53 heavy (non-hydrogen) atoms. The minimum atomic E-state index is 1.10. The molecule has 2 heteroatoms. The van der Waals surface area contributed by atoms with Gasteiger partial charge in [-0.25, -0.2) is 0 Å². The first-order chi connectivity index (χ1) is 26.0. The van der Waals surface area contributed by atoms with E-state index in [9.17, 15) is 0 Å². The molecular weight excluding hydrogens is 641 g/mol. The molecule has 0 aliphatic rings. The molecule has 0 bridgehead atoms. The van der Waals surface area contributed by atoms with Crippen molar-refractivity contribution in [3.8, 4) is 39.1 Å². The topological polar surface area (TPSA) is 8.17 Å². The zero-order chi connectivity index (χ0) is 35.9. The van der Waals surface area contributed by atoms with Gasteiger partial charge < -0.3 is 9.47 Å². The van der Waals surface area contributed by atoms with Crippen LogP contribution in [-0.2, 0) is 0 Å². The average molecular weight is 681 g/mol. The Morgan fingerprint density at radius 1 is 0.340 bits per heavy atom. The van der Waals surface area contributed by atoms with Gasteiger partial charge in [0.25, 0.3) is 0 Å². The molecule has 2 nitrogen and oxygen atoms in total. The second-order valence-corrected chi connectivity index (χ2v) is 14.1. The molecular formula is C51H40N2. The first-order valence-electron chi connectivity index (χ1n) is 18.3. The summed E-state index contributed by atoms with van der Waals surface area (Å²) in [7, 11) is 0. The summed E-state index contributed by atoms with van der Waals surface area (Å²) in [6, 6.07) is 68.5. The fourth-order valence-electron chi connectivity index (χ4n) is 7.88. The van der Waals surface area contributed by atoms with E-state index in [0.29, 0.717) is 0 Å². The molecule has 8 aromatic carbocycles. The number of hydrogen-bond donors (Lipinski definition) is 0. The van der Waals surface area contributed by atoms with Crippen molar-refractivity contribution in [1.82, 2.24) is 4.57 Å². The van der Waals surface area contributed by atoms with Gasteiger partial charge in [-0.05, 0) is 103 Å². The van der Waals surface area contributed by atoms with E-state index < -0.39 is 0 Å². The van der Waals surface area contributed by atoms with Crippen molar-refractivity contribution < 1.29 is 0 Å². The van der Waals surface area contributed by atoms with E-state index in [1.165, 1.54) is 77.6 Å². The molecule has 254 valence electrons. The average Bonchev–Trinajstić information content (AvgIpc) is 3.52. The van der Waals surface area contributed by atoms with Gasteiger partial charge in [-0.3, -0.25) is 0 Å². The zero-order valence-electron chi connectivity index (χ0n) is 30.3. The molecule has 9 aromatic rings. The first kappa shape index (κ1) is 32.3. The fourth-order valence-corrected chi connectivity index (χ4v) is 7.88. The Bertz CT molecular complexity index is 2620. The van der Waals surface area contributed by atoms with E-state index in [2.05, 4.69) is 218 Å². The maximum atomic E-state index is 2.47. The summed E-state index contributed by atoms with van der Waals surface area (Å²) in [6.07, 6.45) is 0. The molecule has 1 heterocycles. The third-order valence-electron chi connectivity index (χ3n) is 10.3. The molecule has 0 fully saturated rings. The molecule has 0 spiro atoms. The lowest BCUT2D eigenvalue weighted by Crippen LogP contribution is -2.10. The minimum absolute atomic E-state index is 1.10. The van der Waals surface area contributed by atoms with Gasteiger partial charge in [-0.1, -0.05) is 150 Å². The number of fused-ring (bicyclic) bond motifs is 3. The number of nitrogens with zero attached hydrogens (tertiary/aromatic N) is 2. The van der Waals surface area contributed by atoms with E-state index in [1.54, 1.807) is 0 Å². The fraction of sp³-hybridized carbons (Fsp3) is 0.0588. The molecule has 0 amide bonds. The van der Waals surface area contributed by atoms with Crippen molar-refractivity contribution in [3.63, 3.8) is 0 Å². The normalized spacial score (nSPS) is 11.3. The van der Waals surface area contributed by atoms with E-state index >= 15 is 0 Å². The predicted octanol–water partition coefficient (Wildman–Crippen LogP) is 14.2. The summed E-state index contributed by atoms with van der Waals surface area (Å²) >= 11 is 0. The van der Waals surface area contributed by atoms with Crippen LogP contribution in [0.5, 0.6) is 0 Å². The van der Waals surface area contributed by atoms with Gasteiger partial charge in [0, 0.05) is 33.4 Å². The van der Waals surface area contributed by atoms with Gasteiger partial charge in [0.1, 0.15) is 0 Å². The number of rotatable bonds is 7. The zero-order valence-corrected chi connectivity index (χ0v) is 30.3. The molecule has 0 aliphatic heterocycles. The number of benzene rings is 8. The highest BCUT2D eigenvalue weighted by molar-refractivity contribution is 6.11. The molecule has 1 aromatic heterocycles. The third kappa shape index (κ3) is 6.09. The van der Waals surface area contributed by atoms with Gasteiger partial charge in [0.2, 0.25) is 0 Å². The summed E-state index contributed by atoms with van der Waals surface area (Å²) in [5, 5.41) is 2.47. The number of aryl methyl sites for hydroxylation is 3. The van der Waals surface area contributed by atoms with Crippen LogP contribution in [0.1, 0.15) is 16.7 Å². The predicted molar refractivity (Wildman–Crippen MR) is 226 cm³/mol. The summed E-state index contributed by atoms with van der Waals surface area (Å²) < 4.78 is 2.47. The van der Waals surface area contributed by atoms with Gasteiger partial charge >= 0.3 is 0 Å². The number of hydrogen-bond acceptors (Lipinski definition) is 1. The van der Waals surface area contributed by atoms with E-state index in [0.717, 1.165) is 17.1 Å². The maximum Gasteiger partial charge on any atom is 0.0562 e. The highest BCUT2D eigenvalue weighted by Gasteiger charge is 2.20. The Morgan fingerprint density at radius 2 is 0.849 bits per heavy atom. The van der Waals surface area contributed by atoms with Gasteiger partial charge in [0.15, 0.2) is 0 Å². The lowest BCUT2D eigenvalue weighted by atomic mass is 9.97. The van der Waals surface area contributed by atoms with Crippen molar-refractivity contribution in [2.75, 3.05) is 4.90 Å². The summed E-state index contributed by atoms with van der Waals surface area (Å²) in [6.45, 7) is 6.56. The van der Waals surface area contributed by atoms with E-state index in [4.69, 9.17) is 0 Å². The largest absolute Gasteiger partial charge is 0.310 e. The van der Waals surface area contributed by atoms with Crippen LogP contribution in [0.15, 0.2) is 188 Å². The lowest BCUT2D eigenvalue weighted by Gasteiger charge is -2.26. The van der Waals surface area contributed by atoms with Crippen LogP contribution in [-0.4, -0.2) is 4.57 Å². The quantitative estimate of drug-likeness (QED) is 0.163. The molecule has 0 saturated carbocycles. The van der Waals surface area contributed by atoms with Gasteiger partial charge in [-0.15, -0.1) is 0 Å². The summed E-state index contributed by atoms with van der Waals surface area (Å²) in [5.41, 5.74) is 17.9. The summed E-state index contributed by atoms with van der Waals surface area (Å²) in [5.74, 6) is 0. The van der Waals surface area contributed by atoms with Crippen molar-refractivity contribution >= 4 is 38.9 Å². The molecule has 0 saturated heterocycles. The van der Waals surface area contributed by atoms with E-state index in [1.807, 2.05) is 0 Å². The van der Waals surface area contributed by atoms with Crippen molar-refractivity contribution in [2.45, 2.75) is 20.8 Å². The van der Waals surface area contributed by atoms with Crippen LogP contribution >= 0.6 is 0 Å². The monoisotopic (exact) mass is 680 g/mol. The Labute approximate surface area is 311 Å². The van der Waals surface area contributed by atoms with Crippen molar-refractivity contribution in [2.24, 2.45) is 0 Å².